The van der Waals surface area contributed by atoms with Crippen LogP contribution in [0.5, 0.6) is 0 Å². The van der Waals surface area contributed by atoms with E-state index < -0.39 is 10.0 Å². The van der Waals surface area contributed by atoms with Gasteiger partial charge in [0.15, 0.2) is 0 Å². The lowest BCUT2D eigenvalue weighted by atomic mass is 10.2. The fraction of sp³-hybridized carbons (Fsp3) is 0.333. The summed E-state index contributed by atoms with van der Waals surface area (Å²) >= 11 is 1.56. The molecule has 6 nitrogen and oxygen atoms in total. The van der Waals surface area contributed by atoms with E-state index in [1.165, 1.54) is 16.4 Å². The summed E-state index contributed by atoms with van der Waals surface area (Å²) in [7, 11) is -1.91. The van der Waals surface area contributed by atoms with Gasteiger partial charge in [-0.2, -0.15) is 4.31 Å². The van der Waals surface area contributed by atoms with E-state index in [9.17, 15) is 13.2 Å². The van der Waals surface area contributed by atoms with E-state index >= 15 is 0 Å². The Labute approximate surface area is 175 Å². The number of hydrogen-bond acceptors (Lipinski definition) is 5. The first kappa shape index (κ1) is 21.4. The van der Waals surface area contributed by atoms with Gasteiger partial charge in [0.1, 0.15) is 5.01 Å². The highest BCUT2D eigenvalue weighted by Crippen LogP contribution is 2.29. The van der Waals surface area contributed by atoms with Crippen LogP contribution >= 0.6 is 11.3 Å². The summed E-state index contributed by atoms with van der Waals surface area (Å²) in [6.07, 6.45) is 0. The predicted octanol–water partition coefficient (Wildman–Crippen LogP) is 4.16. The number of hydrogen-bond donors (Lipinski definition) is 0. The quantitative estimate of drug-likeness (QED) is 0.563. The maximum atomic E-state index is 13.1. The van der Waals surface area contributed by atoms with Gasteiger partial charge in [0.25, 0.3) is 5.91 Å². The zero-order valence-corrected chi connectivity index (χ0v) is 18.6. The second-order valence-electron chi connectivity index (χ2n) is 6.73. The molecule has 29 heavy (non-hydrogen) atoms. The minimum absolute atomic E-state index is 0.132. The maximum Gasteiger partial charge on any atom is 0.254 e. The summed E-state index contributed by atoms with van der Waals surface area (Å²) < 4.78 is 28.0. The average molecular weight is 432 g/mol. The van der Waals surface area contributed by atoms with Gasteiger partial charge in [0, 0.05) is 25.7 Å². The molecule has 154 valence electrons. The third-order valence-electron chi connectivity index (χ3n) is 4.99. The Hall–Kier alpha value is -2.29. The SMILES string of the molecule is CCN(CC)S(=O)(=O)c1cccc(C(=O)N(C)[C@@H](C)c2nc3ccccc3s2)c1. The van der Waals surface area contributed by atoms with E-state index in [4.69, 9.17) is 0 Å². The normalized spacial score (nSPS) is 13.0. The molecule has 0 aliphatic carbocycles. The van der Waals surface area contributed by atoms with Crippen molar-refractivity contribution in [2.75, 3.05) is 20.1 Å². The van der Waals surface area contributed by atoms with Crippen molar-refractivity contribution in [3.8, 4) is 0 Å². The van der Waals surface area contributed by atoms with Crippen molar-refractivity contribution < 1.29 is 13.2 Å². The Morgan fingerprint density at radius 2 is 1.79 bits per heavy atom. The molecular weight excluding hydrogens is 406 g/mol. The predicted molar refractivity (Wildman–Crippen MR) is 117 cm³/mol. The summed E-state index contributed by atoms with van der Waals surface area (Å²) in [5.41, 5.74) is 1.25. The lowest BCUT2D eigenvalue weighted by Gasteiger charge is -2.24. The molecule has 0 aliphatic heterocycles. The zero-order valence-electron chi connectivity index (χ0n) is 17.0. The number of rotatable bonds is 7. The summed E-state index contributed by atoms with van der Waals surface area (Å²) in [6, 6.07) is 13.9. The van der Waals surface area contributed by atoms with E-state index in [1.807, 2.05) is 31.2 Å². The summed E-state index contributed by atoms with van der Waals surface area (Å²) in [5.74, 6) is -0.242. The number of carbonyl (C=O) groups excluding carboxylic acids is 1. The van der Waals surface area contributed by atoms with Gasteiger partial charge in [0.05, 0.1) is 21.2 Å². The molecule has 0 saturated carbocycles. The molecule has 0 unspecified atom stereocenters. The largest absolute Gasteiger partial charge is 0.333 e. The van der Waals surface area contributed by atoms with Crippen molar-refractivity contribution >= 4 is 37.5 Å². The highest BCUT2D eigenvalue weighted by atomic mass is 32.2. The zero-order chi connectivity index (χ0) is 21.2. The molecule has 1 atom stereocenters. The fourth-order valence-electron chi connectivity index (χ4n) is 3.12. The first-order chi connectivity index (χ1) is 13.8. The van der Waals surface area contributed by atoms with Crippen molar-refractivity contribution in [2.45, 2.75) is 31.7 Å². The number of para-hydroxylation sites is 1. The molecule has 0 spiro atoms. The molecule has 1 amide bonds. The maximum absolute atomic E-state index is 13.1. The molecule has 1 aromatic heterocycles. The Kier molecular flexibility index (Phi) is 6.36. The van der Waals surface area contributed by atoms with E-state index in [-0.39, 0.29) is 16.8 Å². The van der Waals surface area contributed by atoms with Gasteiger partial charge in [-0.1, -0.05) is 32.0 Å². The van der Waals surface area contributed by atoms with Crippen molar-refractivity contribution in [1.82, 2.24) is 14.2 Å². The molecule has 0 saturated heterocycles. The Balaban J connectivity index is 1.88. The molecule has 0 N–H and O–H groups in total. The van der Waals surface area contributed by atoms with E-state index in [2.05, 4.69) is 4.98 Å². The average Bonchev–Trinajstić information content (AvgIpc) is 3.17. The Morgan fingerprint density at radius 3 is 2.45 bits per heavy atom. The van der Waals surface area contributed by atoms with Crippen LogP contribution < -0.4 is 0 Å². The number of fused-ring (bicyclic) bond motifs is 1. The Bertz CT molecular complexity index is 1090. The van der Waals surface area contributed by atoms with Crippen molar-refractivity contribution in [1.29, 1.82) is 0 Å². The Morgan fingerprint density at radius 1 is 1.10 bits per heavy atom. The monoisotopic (exact) mass is 431 g/mol. The molecule has 8 heteroatoms. The molecular formula is C21H25N3O3S2. The topological polar surface area (TPSA) is 70.6 Å². The lowest BCUT2D eigenvalue weighted by molar-refractivity contribution is 0.0742. The highest BCUT2D eigenvalue weighted by Gasteiger charge is 2.25. The first-order valence-electron chi connectivity index (χ1n) is 9.52. The minimum Gasteiger partial charge on any atom is -0.333 e. The molecule has 3 rings (SSSR count). The number of carbonyl (C=O) groups is 1. The third-order valence-corrected chi connectivity index (χ3v) is 8.25. The van der Waals surface area contributed by atoms with Crippen LogP contribution in [0.4, 0.5) is 0 Å². The number of benzene rings is 2. The summed E-state index contributed by atoms with van der Waals surface area (Å²) in [5, 5.41) is 0.842. The van der Waals surface area contributed by atoms with Gasteiger partial charge < -0.3 is 4.90 Å². The number of aromatic nitrogens is 1. The molecule has 3 aromatic rings. The summed E-state index contributed by atoms with van der Waals surface area (Å²) in [4.78, 5) is 19.4. The molecule has 0 radical (unpaired) electrons. The van der Waals surface area contributed by atoms with E-state index in [0.717, 1.165) is 15.2 Å². The van der Waals surface area contributed by atoms with Gasteiger partial charge in [-0.15, -0.1) is 11.3 Å². The first-order valence-corrected chi connectivity index (χ1v) is 11.8. The van der Waals surface area contributed by atoms with E-state index in [1.54, 1.807) is 49.3 Å². The minimum atomic E-state index is -3.62. The molecule has 1 heterocycles. The second kappa shape index (κ2) is 8.61. The molecule has 0 fully saturated rings. The second-order valence-corrected chi connectivity index (χ2v) is 9.73. The van der Waals surface area contributed by atoms with Crippen molar-refractivity contribution in [2.24, 2.45) is 0 Å². The van der Waals surface area contributed by atoms with Crippen LogP contribution in [0.25, 0.3) is 10.2 Å². The molecule has 0 aliphatic rings. The lowest BCUT2D eigenvalue weighted by Crippen LogP contribution is -2.32. The number of nitrogens with zero attached hydrogens (tertiary/aromatic N) is 3. The van der Waals surface area contributed by atoms with Gasteiger partial charge in [-0.3, -0.25) is 4.79 Å². The van der Waals surface area contributed by atoms with Crippen molar-refractivity contribution in [3.05, 3.63) is 59.1 Å². The smallest absolute Gasteiger partial charge is 0.254 e. The van der Waals surface area contributed by atoms with Crippen LogP contribution in [0, 0.1) is 0 Å². The van der Waals surface area contributed by atoms with Gasteiger partial charge >= 0.3 is 0 Å². The van der Waals surface area contributed by atoms with Crippen LogP contribution in [-0.4, -0.2) is 48.7 Å². The number of sulfonamides is 1. The van der Waals surface area contributed by atoms with Gasteiger partial charge in [-0.25, -0.2) is 13.4 Å². The third kappa shape index (κ3) is 4.19. The molecule has 0 bridgehead atoms. The summed E-state index contributed by atoms with van der Waals surface area (Å²) in [6.45, 7) is 6.27. The van der Waals surface area contributed by atoms with Gasteiger partial charge in [0.2, 0.25) is 10.0 Å². The number of thiazole rings is 1. The number of amides is 1. The highest BCUT2D eigenvalue weighted by molar-refractivity contribution is 7.89. The van der Waals surface area contributed by atoms with Crippen LogP contribution in [0.2, 0.25) is 0 Å². The van der Waals surface area contributed by atoms with Crippen LogP contribution in [0.3, 0.4) is 0 Å². The van der Waals surface area contributed by atoms with Gasteiger partial charge in [-0.05, 0) is 37.3 Å². The van der Waals surface area contributed by atoms with Crippen LogP contribution in [0.1, 0.15) is 42.2 Å². The van der Waals surface area contributed by atoms with Crippen LogP contribution in [-0.2, 0) is 10.0 Å². The van der Waals surface area contributed by atoms with Crippen LogP contribution in [0.15, 0.2) is 53.4 Å². The standard InChI is InChI=1S/C21H25N3O3S2/c1-5-24(6-2)29(26,27)17-11-9-10-16(14-17)21(25)23(4)15(3)20-22-18-12-7-8-13-19(18)28-20/h7-15H,5-6H2,1-4H3/t15-/m0/s1. The molecule has 2 aromatic carbocycles. The van der Waals surface area contributed by atoms with E-state index in [0.29, 0.717) is 18.7 Å². The van der Waals surface area contributed by atoms with Crippen molar-refractivity contribution in [3.63, 3.8) is 0 Å². The fourth-order valence-corrected chi connectivity index (χ4v) is 5.68.